The lowest BCUT2D eigenvalue weighted by atomic mass is 10.3. The number of rotatable bonds is 3. The number of carbonyl (C=O) groups is 1. The van der Waals surface area contributed by atoms with Gasteiger partial charge in [-0.1, -0.05) is 23.2 Å². The highest BCUT2D eigenvalue weighted by atomic mass is 35.5. The fourth-order valence-electron chi connectivity index (χ4n) is 1.36. The van der Waals surface area contributed by atoms with Crippen LogP contribution >= 0.6 is 23.2 Å². The molecule has 0 aliphatic carbocycles. The third-order valence-electron chi connectivity index (χ3n) is 2.33. The lowest BCUT2D eigenvalue weighted by Crippen LogP contribution is -2.14. The van der Waals surface area contributed by atoms with Crippen LogP contribution in [0, 0.1) is 0 Å². The van der Waals surface area contributed by atoms with Crippen molar-refractivity contribution in [1.29, 1.82) is 0 Å². The number of nitrogens with zero attached hydrogens (tertiary/aromatic N) is 2. The number of hydrogen-bond donors (Lipinski definition) is 2. The van der Waals surface area contributed by atoms with Crippen molar-refractivity contribution in [2.24, 2.45) is 0 Å². The van der Waals surface area contributed by atoms with Gasteiger partial charge in [-0.2, -0.15) is 0 Å². The van der Waals surface area contributed by atoms with E-state index in [0.717, 1.165) is 0 Å². The molecule has 0 bridgehead atoms. The fraction of sp³-hybridized carbons (Fsp3) is 0.0833. The van der Waals surface area contributed by atoms with Crippen LogP contribution in [0.1, 0.15) is 10.5 Å². The lowest BCUT2D eigenvalue weighted by molar-refractivity contribution is 0.102. The highest BCUT2D eigenvalue weighted by molar-refractivity contribution is 6.42. The Balaban J connectivity index is 2.13. The molecule has 2 aromatic rings. The van der Waals surface area contributed by atoms with E-state index in [2.05, 4.69) is 20.8 Å². The van der Waals surface area contributed by atoms with Gasteiger partial charge in [0.05, 0.1) is 10.0 Å². The summed E-state index contributed by atoms with van der Waals surface area (Å²) in [5.74, 6) is 0.222. The molecule has 98 valence electrons. The Bertz CT molecular complexity index is 601. The Morgan fingerprint density at radius 1 is 1.11 bits per heavy atom. The van der Waals surface area contributed by atoms with E-state index in [-0.39, 0.29) is 11.6 Å². The summed E-state index contributed by atoms with van der Waals surface area (Å²) in [6.07, 6.45) is 0. The number of hydrogen-bond acceptors (Lipinski definition) is 4. The molecular weight excluding hydrogens is 287 g/mol. The van der Waals surface area contributed by atoms with Gasteiger partial charge in [-0.15, -0.1) is 10.2 Å². The third kappa shape index (κ3) is 3.33. The van der Waals surface area contributed by atoms with E-state index in [9.17, 15) is 4.79 Å². The van der Waals surface area contributed by atoms with Crippen LogP contribution in [0.2, 0.25) is 10.0 Å². The number of amides is 1. The summed E-state index contributed by atoms with van der Waals surface area (Å²) in [5, 5.41) is 13.9. The van der Waals surface area contributed by atoms with Gasteiger partial charge in [0.15, 0.2) is 5.69 Å². The minimum absolute atomic E-state index is 0.213. The second-order valence-corrected chi connectivity index (χ2v) is 4.45. The first-order valence-corrected chi connectivity index (χ1v) is 6.13. The summed E-state index contributed by atoms with van der Waals surface area (Å²) >= 11 is 11.7. The molecule has 2 rings (SSSR count). The second-order valence-electron chi connectivity index (χ2n) is 3.64. The molecule has 0 aliphatic heterocycles. The van der Waals surface area contributed by atoms with E-state index in [1.165, 1.54) is 0 Å². The van der Waals surface area contributed by atoms with E-state index < -0.39 is 0 Å². The van der Waals surface area contributed by atoms with Crippen molar-refractivity contribution in [1.82, 2.24) is 10.2 Å². The molecule has 7 heteroatoms. The molecule has 1 amide bonds. The van der Waals surface area contributed by atoms with E-state index in [1.807, 2.05) is 0 Å². The normalized spacial score (nSPS) is 10.1. The summed E-state index contributed by atoms with van der Waals surface area (Å²) in [6, 6.07) is 8.07. The van der Waals surface area contributed by atoms with Gasteiger partial charge in [0, 0.05) is 12.7 Å². The van der Waals surface area contributed by atoms with Gasteiger partial charge in [-0.3, -0.25) is 4.79 Å². The van der Waals surface area contributed by atoms with Crippen LogP contribution < -0.4 is 10.6 Å². The Hall–Kier alpha value is -1.85. The quantitative estimate of drug-likeness (QED) is 0.913. The molecule has 0 saturated carbocycles. The maximum Gasteiger partial charge on any atom is 0.276 e. The van der Waals surface area contributed by atoms with E-state index in [0.29, 0.717) is 21.6 Å². The summed E-state index contributed by atoms with van der Waals surface area (Å²) in [5.41, 5.74) is 0.754. The van der Waals surface area contributed by atoms with Crippen molar-refractivity contribution in [3.63, 3.8) is 0 Å². The predicted molar refractivity (Wildman–Crippen MR) is 76.0 cm³/mol. The van der Waals surface area contributed by atoms with Crippen LogP contribution in [0.25, 0.3) is 0 Å². The highest BCUT2D eigenvalue weighted by Crippen LogP contribution is 2.25. The van der Waals surface area contributed by atoms with Gasteiger partial charge >= 0.3 is 0 Å². The Morgan fingerprint density at radius 3 is 2.47 bits per heavy atom. The zero-order chi connectivity index (χ0) is 13.8. The van der Waals surface area contributed by atoms with Crippen LogP contribution in [0.15, 0.2) is 30.3 Å². The molecule has 1 aromatic carbocycles. The minimum atomic E-state index is -0.367. The Morgan fingerprint density at radius 2 is 1.89 bits per heavy atom. The van der Waals surface area contributed by atoms with Gasteiger partial charge < -0.3 is 10.6 Å². The van der Waals surface area contributed by atoms with Crippen LogP contribution in [-0.2, 0) is 0 Å². The monoisotopic (exact) mass is 296 g/mol. The predicted octanol–water partition coefficient (Wildman–Crippen LogP) is 3.08. The molecule has 0 unspecified atom stereocenters. The number of anilines is 2. The van der Waals surface area contributed by atoms with Gasteiger partial charge in [0.2, 0.25) is 0 Å². The third-order valence-corrected chi connectivity index (χ3v) is 3.07. The molecule has 1 aromatic heterocycles. The maximum absolute atomic E-state index is 11.9. The first-order chi connectivity index (χ1) is 9.10. The molecule has 19 heavy (non-hydrogen) atoms. The van der Waals surface area contributed by atoms with Crippen molar-refractivity contribution in [2.75, 3.05) is 17.7 Å². The number of halogens is 2. The molecule has 0 aliphatic rings. The number of aromatic nitrogens is 2. The van der Waals surface area contributed by atoms with Gasteiger partial charge in [0.1, 0.15) is 5.82 Å². The first-order valence-electron chi connectivity index (χ1n) is 5.38. The van der Waals surface area contributed by atoms with Crippen molar-refractivity contribution < 1.29 is 4.79 Å². The molecule has 5 nitrogen and oxygen atoms in total. The van der Waals surface area contributed by atoms with Gasteiger partial charge in [-0.05, 0) is 30.3 Å². The van der Waals surface area contributed by atoms with Crippen molar-refractivity contribution in [3.8, 4) is 0 Å². The summed E-state index contributed by atoms with van der Waals surface area (Å²) in [4.78, 5) is 11.9. The van der Waals surface area contributed by atoms with Crippen molar-refractivity contribution in [3.05, 3.63) is 46.1 Å². The van der Waals surface area contributed by atoms with Crippen LogP contribution in [0.4, 0.5) is 11.5 Å². The summed E-state index contributed by atoms with van der Waals surface area (Å²) < 4.78 is 0. The molecule has 0 radical (unpaired) electrons. The molecule has 0 atom stereocenters. The highest BCUT2D eigenvalue weighted by Gasteiger charge is 2.09. The molecule has 2 N–H and O–H groups in total. The standard InChI is InChI=1S/C12H10Cl2N4O/c1-15-11-5-4-10(17-18-11)12(19)16-7-2-3-8(13)9(14)6-7/h2-6H,1H3,(H,15,18)(H,16,19). The van der Waals surface area contributed by atoms with E-state index >= 15 is 0 Å². The van der Waals surface area contributed by atoms with Crippen molar-refractivity contribution in [2.45, 2.75) is 0 Å². The largest absolute Gasteiger partial charge is 0.372 e. The Kier molecular flexibility index (Phi) is 4.19. The average Bonchev–Trinajstić information content (AvgIpc) is 2.43. The zero-order valence-electron chi connectivity index (χ0n) is 9.95. The van der Waals surface area contributed by atoms with E-state index in [4.69, 9.17) is 23.2 Å². The first kappa shape index (κ1) is 13.6. The summed E-state index contributed by atoms with van der Waals surface area (Å²) in [7, 11) is 1.72. The van der Waals surface area contributed by atoms with Gasteiger partial charge in [0.25, 0.3) is 5.91 Å². The molecule has 1 heterocycles. The SMILES string of the molecule is CNc1ccc(C(=O)Nc2ccc(Cl)c(Cl)c2)nn1. The average molecular weight is 297 g/mol. The van der Waals surface area contributed by atoms with Crippen molar-refractivity contribution >= 4 is 40.6 Å². The maximum atomic E-state index is 11.9. The lowest BCUT2D eigenvalue weighted by Gasteiger charge is -2.06. The summed E-state index contributed by atoms with van der Waals surface area (Å²) in [6.45, 7) is 0. The number of benzene rings is 1. The molecule has 0 fully saturated rings. The molecule has 0 saturated heterocycles. The zero-order valence-corrected chi connectivity index (χ0v) is 11.5. The topological polar surface area (TPSA) is 66.9 Å². The van der Waals surface area contributed by atoms with Crippen LogP contribution in [0.3, 0.4) is 0 Å². The van der Waals surface area contributed by atoms with E-state index in [1.54, 1.807) is 37.4 Å². The smallest absolute Gasteiger partial charge is 0.276 e. The number of carbonyl (C=O) groups excluding carboxylic acids is 1. The molecule has 0 spiro atoms. The van der Waals surface area contributed by atoms with Crippen LogP contribution in [-0.4, -0.2) is 23.2 Å². The van der Waals surface area contributed by atoms with Gasteiger partial charge in [-0.25, -0.2) is 0 Å². The fourth-order valence-corrected chi connectivity index (χ4v) is 1.65. The van der Waals surface area contributed by atoms with Crippen LogP contribution in [0.5, 0.6) is 0 Å². The molecular formula is C12H10Cl2N4O. The number of nitrogens with one attached hydrogen (secondary N) is 2. The minimum Gasteiger partial charge on any atom is -0.372 e. The Labute approximate surface area is 119 Å². The second kappa shape index (κ2) is 5.86.